The van der Waals surface area contributed by atoms with Crippen molar-refractivity contribution in [3.05, 3.63) is 29.3 Å². The molecule has 92 valence electrons. The molecule has 0 aliphatic carbocycles. The van der Waals surface area contributed by atoms with E-state index in [1.807, 2.05) is 13.8 Å². The molecule has 0 spiro atoms. The van der Waals surface area contributed by atoms with Crippen LogP contribution < -0.4 is 5.32 Å². The third-order valence-electron chi connectivity index (χ3n) is 1.76. The molecule has 0 saturated heterocycles. The quantitative estimate of drug-likeness (QED) is 0.513. The van der Waals surface area contributed by atoms with Crippen molar-refractivity contribution in [3.8, 4) is 0 Å². The monoisotopic (exact) mass is 274 g/mol. The number of benzene rings is 1. The Balaban J connectivity index is 2.53. The van der Waals surface area contributed by atoms with E-state index < -0.39 is 6.09 Å². The lowest BCUT2D eigenvalue weighted by molar-refractivity contribution is 0.166. The van der Waals surface area contributed by atoms with Crippen molar-refractivity contribution in [2.45, 2.75) is 13.8 Å². The normalized spacial score (nSPS) is 11.5. The standard InChI is InChI=1S/C11H12Cl2N2O2/c1-7(2)10(13)15-17-11(16)14-9-5-3-4-8(12)6-9/h3-7H,1-2H3,(H,14,16)/b15-10+. The van der Waals surface area contributed by atoms with Gasteiger partial charge in [0, 0.05) is 16.6 Å². The number of nitrogens with one attached hydrogen (secondary N) is 1. The average molecular weight is 275 g/mol. The van der Waals surface area contributed by atoms with Gasteiger partial charge in [0.25, 0.3) is 0 Å². The average Bonchev–Trinajstić information content (AvgIpc) is 2.25. The summed E-state index contributed by atoms with van der Waals surface area (Å²) in [6.45, 7) is 3.67. The maximum Gasteiger partial charge on any atom is 0.437 e. The Bertz CT molecular complexity index is 433. The zero-order valence-corrected chi connectivity index (χ0v) is 10.9. The summed E-state index contributed by atoms with van der Waals surface area (Å²) in [7, 11) is 0. The lowest BCUT2D eigenvalue weighted by atomic mass is 10.2. The number of oxime groups is 1. The molecule has 0 unspecified atom stereocenters. The van der Waals surface area contributed by atoms with Gasteiger partial charge < -0.3 is 0 Å². The largest absolute Gasteiger partial charge is 0.437 e. The summed E-state index contributed by atoms with van der Waals surface area (Å²) in [5.74, 6) is 0.00985. The zero-order chi connectivity index (χ0) is 12.8. The fourth-order valence-corrected chi connectivity index (χ4v) is 1.12. The summed E-state index contributed by atoms with van der Waals surface area (Å²) in [6, 6.07) is 6.69. The van der Waals surface area contributed by atoms with E-state index in [4.69, 9.17) is 23.2 Å². The van der Waals surface area contributed by atoms with Crippen LogP contribution in [0.1, 0.15) is 13.8 Å². The number of rotatable bonds is 3. The Hall–Kier alpha value is -1.26. The number of anilines is 1. The van der Waals surface area contributed by atoms with Crippen molar-refractivity contribution in [2.24, 2.45) is 11.1 Å². The van der Waals surface area contributed by atoms with Gasteiger partial charge in [0.2, 0.25) is 0 Å². The van der Waals surface area contributed by atoms with Crippen LogP contribution in [0.4, 0.5) is 10.5 Å². The van der Waals surface area contributed by atoms with Gasteiger partial charge in [-0.15, -0.1) is 0 Å². The van der Waals surface area contributed by atoms with Crippen LogP contribution in [0.2, 0.25) is 5.02 Å². The third kappa shape index (κ3) is 5.06. The molecule has 1 rings (SSSR count). The van der Waals surface area contributed by atoms with Crippen LogP contribution in [0.15, 0.2) is 29.4 Å². The van der Waals surface area contributed by atoms with Gasteiger partial charge in [-0.2, -0.15) is 0 Å². The Labute approximate surface area is 110 Å². The highest BCUT2D eigenvalue weighted by atomic mass is 35.5. The molecule has 1 aromatic rings. The Kier molecular flexibility index (Phi) is 5.25. The first-order valence-electron chi connectivity index (χ1n) is 4.96. The van der Waals surface area contributed by atoms with Crippen molar-refractivity contribution in [1.82, 2.24) is 0 Å². The maximum absolute atomic E-state index is 11.3. The van der Waals surface area contributed by atoms with E-state index in [1.165, 1.54) is 0 Å². The first-order chi connectivity index (χ1) is 7.99. The number of carbonyl (C=O) groups excluding carboxylic acids is 1. The summed E-state index contributed by atoms with van der Waals surface area (Å²) in [5, 5.41) is 6.69. The van der Waals surface area contributed by atoms with Gasteiger partial charge in [-0.25, -0.2) is 4.79 Å². The fraction of sp³-hybridized carbons (Fsp3) is 0.273. The zero-order valence-electron chi connectivity index (χ0n) is 9.41. The van der Waals surface area contributed by atoms with Crippen LogP contribution in [0.25, 0.3) is 0 Å². The predicted molar refractivity (Wildman–Crippen MR) is 69.7 cm³/mol. The third-order valence-corrected chi connectivity index (χ3v) is 2.50. The van der Waals surface area contributed by atoms with Crippen LogP contribution in [0.3, 0.4) is 0 Å². The number of carbonyl (C=O) groups is 1. The second-order valence-electron chi connectivity index (χ2n) is 3.58. The fourth-order valence-electron chi connectivity index (χ4n) is 0.897. The molecule has 1 N–H and O–H groups in total. The second kappa shape index (κ2) is 6.47. The molecule has 0 heterocycles. The number of halogens is 2. The van der Waals surface area contributed by atoms with E-state index in [0.29, 0.717) is 10.7 Å². The molecule has 6 heteroatoms. The van der Waals surface area contributed by atoms with Gasteiger partial charge in [0.1, 0.15) is 5.17 Å². The van der Waals surface area contributed by atoms with Crippen molar-refractivity contribution in [3.63, 3.8) is 0 Å². The van der Waals surface area contributed by atoms with Crippen molar-refractivity contribution < 1.29 is 9.63 Å². The SMILES string of the molecule is CC(C)/C(Cl)=N\OC(=O)Nc1cccc(Cl)c1. The molecule has 0 fully saturated rings. The number of hydrogen-bond acceptors (Lipinski definition) is 3. The molecular weight excluding hydrogens is 263 g/mol. The van der Waals surface area contributed by atoms with Gasteiger partial charge >= 0.3 is 6.09 Å². The van der Waals surface area contributed by atoms with E-state index in [9.17, 15) is 4.79 Å². The first kappa shape index (κ1) is 13.8. The molecule has 0 radical (unpaired) electrons. The topological polar surface area (TPSA) is 50.7 Å². The summed E-state index contributed by atoms with van der Waals surface area (Å²) < 4.78 is 0. The minimum absolute atomic E-state index is 0.00985. The molecular formula is C11H12Cl2N2O2. The summed E-state index contributed by atoms with van der Waals surface area (Å²) >= 11 is 11.5. The molecule has 0 saturated carbocycles. The second-order valence-corrected chi connectivity index (χ2v) is 4.41. The molecule has 1 amide bonds. The molecule has 17 heavy (non-hydrogen) atoms. The highest BCUT2D eigenvalue weighted by Gasteiger charge is 2.06. The van der Waals surface area contributed by atoms with Gasteiger partial charge in [0.15, 0.2) is 0 Å². The molecule has 0 aliphatic heterocycles. The van der Waals surface area contributed by atoms with Gasteiger partial charge in [0.05, 0.1) is 0 Å². The lowest BCUT2D eigenvalue weighted by Crippen LogP contribution is -2.12. The van der Waals surface area contributed by atoms with Crippen LogP contribution in [-0.4, -0.2) is 11.3 Å². The van der Waals surface area contributed by atoms with Crippen LogP contribution >= 0.6 is 23.2 Å². The maximum atomic E-state index is 11.3. The van der Waals surface area contributed by atoms with Gasteiger partial charge in [-0.3, -0.25) is 10.2 Å². The highest BCUT2D eigenvalue weighted by Crippen LogP contribution is 2.15. The van der Waals surface area contributed by atoms with E-state index in [-0.39, 0.29) is 11.1 Å². The molecule has 1 aromatic carbocycles. The predicted octanol–water partition coefficient (Wildman–Crippen LogP) is 4.10. The molecule has 0 aliphatic rings. The molecule has 0 bridgehead atoms. The van der Waals surface area contributed by atoms with E-state index >= 15 is 0 Å². The van der Waals surface area contributed by atoms with Crippen LogP contribution in [-0.2, 0) is 4.84 Å². The Morgan fingerprint density at radius 1 is 1.47 bits per heavy atom. The lowest BCUT2D eigenvalue weighted by Gasteiger charge is -2.04. The smallest absolute Gasteiger partial charge is 0.297 e. The molecule has 4 nitrogen and oxygen atoms in total. The van der Waals surface area contributed by atoms with Crippen molar-refractivity contribution in [2.75, 3.05) is 5.32 Å². The van der Waals surface area contributed by atoms with Crippen molar-refractivity contribution >= 4 is 40.2 Å². The molecule has 0 atom stereocenters. The number of nitrogens with zero attached hydrogens (tertiary/aromatic N) is 1. The minimum atomic E-state index is -0.717. The highest BCUT2D eigenvalue weighted by molar-refractivity contribution is 6.65. The Morgan fingerprint density at radius 2 is 2.18 bits per heavy atom. The van der Waals surface area contributed by atoms with Crippen LogP contribution in [0.5, 0.6) is 0 Å². The minimum Gasteiger partial charge on any atom is -0.297 e. The van der Waals surface area contributed by atoms with Gasteiger partial charge in [-0.1, -0.05) is 48.3 Å². The summed E-state index contributed by atoms with van der Waals surface area (Å²) in [5.41, 5.74) is 0.526. The Morgan fingerprint density at radius 3 is 2.76 bits per heavy atom. The summed E-state index contributed by atoms with van der Waals surface area (Å²) in [4.78, 5) is 15.9. The number of hydrogen-bond donors (Lipinski definition) is 1. The first-order valence-corrected chi connectivity index (χ1v) is 5.71. The summed E-state index contributed by atoms with van der Waals surface area (Å²) in [6.07, 6.45) is -0.717. The van der Waals surface area contributed by atoms with E-state index in [0.717, 1.165) is 0 Å². The molecule has 0 aromatic heterocycles. The van der Waals surface area contributed by atoms with Crippen LogP contribution in [0, 0.1) is 5.92 Å². The number of amides is 1. The van der Waals surface area contributed by atoms with E-state index in [1.54, 1.807) is 24.3 Å². The van der Waals surface area contributed by atoms with E-state index in [2.05, 4.69) is 15.3 Å². The van der Waals surface area contributed by atoms with Crippen molar-refractivity contribution in [1.29, 1.82) is 0 Å². The van der Waals surface area contributed by atoms with Gasteiger partial charge in [-0.05, 0) is 18.2 Å².